The first-order valence-electron chi connectivity index (χ1n) is 4.88. The van der Waals surface area contributed by atoms with Gasteiger partial charge in [0.05, 0.1) is 11.9 Å². The molecular weight excluding hydrogens is 210 g/mol. The van der Waals surface area contributed by atoms with E-state index in [0.717, 1.165) is 11.3 Å². The van der Waals surface area contributed by atoms with Crippen molar-refractivity contribution in [1.82, 2.24) is 0 Å². The second kappa shape index (κ2) is 4.23. The van der Waals surface area contributed by atoms with Crippen molar-refractivity contribution in [3.8, 4) is 0 Å². The van der Waals surface area contributed by atoms with E-state index in [-0.39, 0.29) is 6.04 Å². The first-order chi connectivity index (χ1) is 6.82. The zero-order chi connectivity index (χ0) is 11.6. The molecule has 0 fully saturated rings. The summed E-state index contributed by atoms with van der Waals surface area (Å²) >= 11 is 0. The maximum absolute atomic E-state index is 11.6. The van der Waals surface area contributed by atoms with Crippen molar-refractivity contribution in [2.45, 2.75) is 26.8 Å². The molecule has 0 aliphatic heterocycles. The molecule has 0 heterocycles. The van der Waals surface area contributed by atoms with Crippen LogP contribution >= 0.6 is 0 Å². The van der Waals surface area contributed by atoms with Gasteiger partial charge in [-0.05, 0) is 32.9 Å². The van der Waals surface area contributed by atoms with Gasteiger partial charge >= 0.3 is 0 Å². The van der Waals surface area contributed by atoms with Crippen molar-refractivity contribution in [2.24, 2.45) is 0 Å². The van der Waals surface area contributed by atoms with E-state index in [1.54, 1.807) is 0 Å². The van der Waals surface area contributed by atoms with Gasteiger partial charge in [0, 0.05) is 6.04 Å². The first kappa shape index (κ1) is 12.0. The van der Waals surface area contributed by atoms with Crippen LogP contribution in [0.5, 0.6) is 0 Å². The van der Waals surface area contributed by atoms with Gasteiger partial charge in [0.25, 0.3) is 0 Å². The maximum atomic E-state index is 11.6. The molecule has 0 bridgehead atoms. The third-order valence-electron chi connectivity index (χ3n) is 2.11. The smallest absolute Gasteiger partial charge is 0.232 e. The molecule has 0 saturated carbocycles. The molecule has 0 radical (unpaired) electrons. The molecule has 1 aromatic carbocycles. The average Bonchev–Trinajstić information content (AvgIpc) is 2.05. The number of benzene rings is 1. The summed E-state index contributed by atoms with van der Waals surface area (Å²) in [5.41, 5.74) is 1.84. The normalized spacial score (nSPS) is 11.8. The molecule has 0 unspecified atom stereocenters. The van der Waals surface area contributed by atoms with Crippen LogP contribution < -0.4 is 4.31 Å². The SMILES string of the molecule is Cc1ccc(N(C(C)C)S(C)(=O)=O)cc1. The minimum atomic E-state index is -3.20. The third kappa shape index (κ3) is 2.96. The zero-order valence-corrected chi connectivity index (χ0v) is 10.4. The van der Waals surface area contributed by atoms with Crippen LogP contribution in [0, 0.1) is 6.92 Å². The monoisotopic (exact) mass is 227 g/mol. The fourth-order valence-corrected chi connectivity index (χ4v) is 2.83. The predicted molar refractivity (Wildman–Crippen MR) is 63.6 cm³/mol. The molecule has 0 saturated heterocycles. The fraction of sp³-hybridized carbons (Fsp3) is 0.455. The molecule has 0 amide bonds. The number of nitrogens with zero attached hydrogens (tertiary/aromatic N) is 1. The van der Waals surface area contributed by atoms with Gasteiger partial charge in [0.15, 0.2) is 0 Å². The zero-order valence-electron chi connectivity index (χ0n) is 9.56. The van der Waals surface area contributed by atoms with Gasteiger partial charge < -0.3 is 0 Å². The van der Waals surface area contributed by atoms with Gasteiger partial charge in [0.1, 0.15) is 0 Å². The largest absolute Gasteiger partial charge is 0.268 e. The van der Waals surface area contributed by atoms with Crippen LogP contribution in [0.3, 0.4) is 0 Å². The Kier molecular flexibility index (Phi) is 3.39. The second-order valence-electron chi connectivity index (χ2n) is 3.99. The van der Waals surface area contributed by atoms with Crippen LogP contribution in [0.4, 0.5) is 5.69 Å². The van der Waals surface area contributed by atoms with E-state index < -0.39 is 10.0 Å². The summed E-state index contributed by atoms with van der Waals surface area (Å²) in [6, 6.07) is 7.42. The summed E-state index contributed by atoms with van der Waals surface area (Å²) in [6.45, 7) is 5.70. The van der Waals surface area contributed by atoms with E-state index in [9.17, 15) is 8.42 Å². The van der Waals surface area contributed by atoms with E-state index in [0.29, 0.717) is 0 Å². The number of anilines is 1. The third-order valence-corrected chi connectivity index (χ3v) is 3.46. The molecule has 15 heavy (non-hydrogen) atoms. The summed E-state index contributed by atoms with van der Waals surface area (Å²) in [7, 11) is -3.20. The molecule has 0 aromatic heterocycles. The van der Waals surface area contributed by atoms with E-state index >= 15 is 0 Å². The van der Waals surface area contributed by atoms with Gasteiger partial charge in [0.2, 0.25) is 10.0 Å². The summed E-state index contributed by atoms with van der Waals surface area (Å²) in [5.74, 6) is 0. The Bertz CT molecular complexity index is 420. The lowest BCUT2D eigenvalue weighted by atomic mass is 10.2. The highest BCUT2D eigenvalue weighted by molar-refractivity contribution is 7.92. The van der Waals surface area contributed by atoms with E-state index in [1.807, 2.05) is 45.0 Å². The van der Waals surface area contributed by atoms with E-state index in [1.165, 1.54) is 10.6 Å². The quantitative estimate of drug-likeness (QED) is 0.793. The Hall–Kier alpha value is -1.03. The number of hydrogen-bond donors (Lipinski definition) is 0. The summed E-state index contributed by atoms with van der Waals surface area (Å²) < 4.78 is 24.6. The Labute approximate surface area is 91.8 Å². The van der Waals surface area contributed by atoms with Crippen LogP contribution in [-0.2, 0) is 10.0 Å². The molecule has 84 valence electrons. The Morgan fingerprint density at radius 2 is 1.60 bits per heavy atom. The molecule has 4 heteroatoms. The number of aryl methyl sites for hydroxylation is 1. The molecule has 1 aromatic rings. The van der Waals surface area contributed by atoms with Crippen molar-refractivity contribution in [1.29, 1.82) is 0 Å². The van der Waals surface area contributed by atoms with E-state index in [4.69, 9.17) is 0 Å². The standard InChI is InChI=1S/C11H17NO2S/c1-9(2)12(15(4,13)14)11-7-5-10(3)6-8-11/h5-9H,1-4H3. The minimum Gasteiger partial charge on any atom is -0.268 e. The highest BCUT2D eigenvalue weighted by Gasteiger charge is 2.19. The number of rotatable bonds is 3. The molecule has 0 N–H and O–H groups in total. The molecule has 3 nitrogen and oxygen atoms in total. The Morgan fingerprint density at radius 3 is 1.93 bits per heavy atom. The Morgan fingerprint density at radius 1 is 1.13 bits per heavy atom. The highest BCUT2D eigenvalue weighted by Crippen LogP contribution is 2.20. The highest BCUT2D eigenvalue weighted by atomic mass is 32.2. The molecule has 0 atom stereocenters. The van der Waals surface area contributed by atoms with Gasteiger partial charge in [-0.2, -0.15) is 0 Å². The molecule has 0 spiro atoms. The number of hydrogen-bond acceptors (Lipinski definition) is 2. The van der Waals surface area contributed by atoms with Crippen molar-refractivity contribution in [3.05, 3.63) is 29.8 Å². The van der Waals surface area contributed by atoms with Crippen LogP contribution in [0.2, 0.25) is 0 Å². The lowest BCUT2D eigenvalue weighted by Crippen LogP contribution is -2.36. The van der Waals surface area contributed by atoms with Crippen LogP contribution in [0.25, 0.3) is 0 Å². The van der Waals surface area contributed by atoms with Gasteiger partial charge in [-0.3, -0.25) is 4.31 Å². The fourth-order valence-electron chi connectivity index (χ4n) is 1.56. The Balaban J connectivity index is 3.17. The van der Waals surface area contributed by atoms with Crippen molar-refractivity contribution >= 4 is 15.7 Å². The van der Waals surface area contributed by atoms with Crippen molar-refractivity contribution in [3.63, 3.8) is 0 Å². The lowest BCUT2D eigenvalue weighted by molar-refractivity contribution is 0.590. The molecule has 1 rings (SSSR count). The van der Waals surface area contributed by atoms with Gasteiger partial charge in [-0.1, -0.05) is 17.7 Å². The predicted octanol–water partition coefficient (Wildman–Crippen LogP) is 2.17. The van der Waals surface area contributed by atoms with Crippen molar-refractivity contribution < 1.29 is 8.42 Å². The molecule has 0 aliphatic carbocycles. The van der Waals surface area contributed by atoms with Crippen LogP contribution in [-0.4, -0.2) is 20.7 Å². The van der Waals surface area contributed by atoms with Crippen LogP contribution in [0.15, 0.2) is 24.3 Å². The van der Waals surface area contributed by atoms with Crippen molar-refractivity contribution in [2.75, 3.05) is 10.6 Å². The maximum Gasteiger partial charge on any atom is 0.232 e. The second-order valence-corrected chi connectivity index (χ2v) is 5.85. The topological polar surface area (TPSA) is 37.4 Å². The summed E-state index contributed by atoms with van der Waals surface area (Å²) in [4.78, 5) is 0. The average molecular weight is 227 g/mol. The lowest BCUT2D eigenvalue weighted by Gasteiger charge is -2.26. The minimum absolute atomic E-state index is 0.0669. The van der Waals surface area contributed by atoms with E-state index in [2.05, 4.69) is 0 Å². The van der Waals surface area contributed by atoms with Gasteiger partial charge in [-0.25, -0.2) is 8.42 Å². The number of sulfonamides is 1. The molecule has 0 aliphatic rings. The summed E-state index contributed by atoms with van der Waals surface area (Å²) in [5, 5.41) is 0. The summed E-state index contributed by atoms with van der Waals surface area (Å²) in [6.07, 6.45) is 1.23. The molecular formula is C11H17NO2S. The van der Waals surface area contributed by atoms with Gasteiger partial charge in [-0.15, -0.1) is 0 Å². The first-order valence-corrected chi connectivity index (χ1v) is 6.73. The van der Waals surface area contributed by atoms with Crippen LogP contribution in [0.1, 0.15) is 19.4 Å².